The smallest absolute Gasteiger partial charge is 0.306 e. The molecule has 0 amide bonds. The van der Waals surface area contributed by atoms with Gasteiger partial charge in [-0.25, -0.2) is 0 Å². The molecule has 0 aliphatic heterocycles. The van der Waals surface area contributed by atoms with Crippen molar-refractivity contribution in [1.29, 1.82) is 0 Å². The first kappa shape index (κ1) is 73.6. The Morgan fingerprint density at radius 1 is 0.273 bits per heavy atom. The van der Waals surface area contributed by atoms with Crippen molar-refractivity contribution in [2.24, 2.45) is 0 Å². The molecule has 0 fully saturated rings. The maximum Gasteiger partial charge on any atom is 0.306 e. The van der Waals surface area contributed by atoms with Gasteiger partial charge in [0.2, 0.25) is 0 Å². The van der Waals surface area contributed by atoms with Crippen LogP contribution in [-0.2, 0) is 28.6 Å². The maximum atomic E-state index is 12.9. The fourth-order valence-corrected chi connectivity index (χ4v) is 9.44. The molecule has 1 unspecified atom stereocenters. The monoisotopic (exact) mass is 1070 g/mol. The molecular formula is C71H124O6. The SMILES string of the molecule is CC/C=C\C/C=C\C/C=C\C/C=C\C/C=C\C/C=C\CCCCCCC(=O)OCC(COC(=O)CCCCCCCCCCCCCCCCC)OC(=O)CCCCCCCCCCC/C=C\CCCCCCCCCC. The Bertz CT molecular complexity index is 1470. The van der Waals surface area contributed by atoms with Crippen LogP contribution in [0.2, 0.25) is 0 Å². The van der Waals surface area contributed by atoms with Gasteiger partial charge in [0, 0.05) is 19.3 Å². The van der Waals surface area contributed by atoms with Gasteiger partial charge >= 0.3 is 17.9 Å². The van der Waals surface area contributed by atoms with E-state index in [4.69, 9.17) is 14.2 Å². The molecule has 77 heavy (non-hydrogen) atoms. The van der Waals surface area contributed by atoms with Crippen LogP contribution in [0.15, 0.2) is 85.1 Å². The van der Waals surface area contributed by atoms with Gasteiger partial charge in [0.25, 0.3) is 0 Å². The maximum absolute atomic E-state index is 12.9. The molecule has 6 nitrogen and oxygen atoms in total. The van der Waals surface area contributed by atoms with Crippen molar-refractivity contribution in [2.45, 2.75) is 335 Å². The summed E-state index contributed by atoms with van der Waals surface area (Å²) < 4.78 is 16.9. The summed E-state index contributed by atoms with van der Waals surface area (Å²) in [6.07, 6.45) is 85.9. The second kappa shape index (κ2) is 65.1. The molecule has 0 aliphatic rings. The molecule has 0 saturated heterocycles. The molecule has 1 atom stereocenters. The number of carbonyl (C=O) groups excluding carboxylic acids is 3. The highest BCUT2D eigenvalue weighted by Gasteiger charge is 2.19. The van der Waals surface area contributed by atoms with Crippen LogP contribution in [0, 0.1) is 0 Å². The third-order valence-corrected chi connectivity index (χ3v) is 14.4. The molecule has 0 aromatic heterocycles. The summed E-state index contributed by atoms with van der Waals surface area (Å²) in [7, 11) is 0. The standard InChI is InChI=1S/C71H124O6/c1-4-7-10-13-16-19-22-25-28-30-32-34-35-37-38-40-43-46-49-52-55-58-61-64-70(73)76-67-68(66-75-69(72)63-60-57-54-51-48-45-42-27-24-21-18-15-12-9-6-3)77-71(74)65-62-59-56-53-50-47-44-41-39-36-33-31-29-26-23-20-17-14-11-8-5-2/h7,10,16,19,25,28,31-34,37-38,43,46,68H,4-6,8-9,11-15,17-18,20-24,26-27,29-30,35-36,39-42,44-45,47-67H2,1-3H3/b10-7-,19-16-,28-25-,33-31-,34-32-,38-37-,46-43-. The Morgan fingerprint density at radius 2 is 0.506 bits per heavy atom. The van der Waals surface area contributed by atoms with Crippen LogP contribution in [0.1, 0.15) is 329 Å². The van der Waals surface area contributed by atoms with E-state index in [0.29, 0.717) is 19.3 Å². The van der Waals surface area contributed by atoms with Crippen molar-refractivity contribution in [3.8, 4) is 0 Å². The molecule has 444 valence electrons. The Morgan fingerprint density at radius 3 is 0.805 bits per heavy atom. The lowest BCUT2D eigenvalue weighted by atomic mass is 10.0. The van der Waals surface area contributed by atoms with Crippen LogP contribution < -0.4 is 0 Å². The van der Waals surface area contributed by atoms with Crippen LogP contribution in [0.25, 0.3) is 0 Å². The summed E-state index contributed by atoms with van der Waals surface area (Å²) in [4.78, 5) is 38.4. The molecule has 0 aliphatic carbocycles. The number of allylic oxidation sites excluding steroid dienone is 14. The van der Waals surface area contributed by atoms with Gasteiger partial charge in [-0.15, -0.1) is 0 Å². The van der Waals surface area contributed by atoms with E-state index in [-0.39, 0.29) is 31.1 Å². The molecule has 0 rings (SSSR count). The van der Waals surface area contributed by atoms with E-state index in [1.54, 1.807) is 0 Å². The Kier molecular flexibility index (Phi) is 62.2. The summed E-state index contributed by atoms with van der Waals surface area (Å²) >= 11 is 0. The van der Waals surface area contributed by atoms with Gasteiger partial charge in [0.15, 0.2) is 6.10 Å². The Labute approximate surface area is 477 Å². The molecule has 0 radical (unpaired) electrons. The van der Waals surface area contributed by atoms with E-state index in [1.165, 1.54) is 180 Å². The molecule has 0 bridgehead atoms. The van der Waals surface area contributed by atoms with Crippen LogP contribution in [0.3, 0.4) is 0 Å². The van der Waals surface area contributed by atoms with E-state index in [9.17, 15) is 14.4 Å². The highest BCUT2D eigenvalue weighted by molar-refractivity contribution is 5.71. The predicted octanol–water partition coefficient (Wildman–Crippen LogP) is 22.7. The number of unbranched alkanes of at least 4 members (excludes halogenated alkanes) is 35. The second-order valence-electron chi connectivity index (χ2n) is 22.0. The van der Waals surface area contributed by atoms with E-state index in [1.807, 2.05) is 0 Å². The van der Waals surface area contributed by atoms with E-state index in [2.05, 4.69) is 106 Å². The first-order chi connectivity index (χ1) is 38.0. The first-order valence-electron chi connectivity index (χ1n) is 33.1. The van der Waals surface area contributed by atoms with E-state index in [0.717, 1.165) is 109 Å². The fourth-order valence-electron chi connectivity index (χ4n) is 9.44. The lowest BCUT2D eigenvalue weighted by molar-refractivity contribution is -0.167. The van der Waals surface area contributed by atoms with Crippen molar-refractivity contribution in [3.63, 3.8) is 0 Å². The number of hydrogen-bond donors (Lipinski definition) is 0. The van der Waals surface area contributed by atoms with E-state index >= 15 is 0 Å². The normalized spacial score (nSPS) is 12.6. The largest absolute Gasteiger partial charge is 0.462 e. The third kappa shape index (κ3) is 63.3. The van der Waals surface area contributed by atoms with Crippen molar-refractivity contribution in [2.75, 3.05) is 13.2 Å². The molecule has 0 spiro atoms. The minimum Gasteiger partial charge on any atom is -0.462 e. The van der Waals surface area contributed by atoms with Crippen LogP contribution in [0.5, 0.6) is 0 Å². The number of hydrogen-bond acceptors (Lipinski definition) is 6. The van der Waals surface area contributed by atoms with E-state index < -0.39 is 6.10 Å². The number of carbonyl (C=O) groups is 3. The summed E-state index contributed by atoms with van der Waals surface area (Å²) in [5.74, 6) is -0.895. The van der Waals surface area contributed by atoms with Crippen molar-refractivity contribution >= 4 is 17.9 Å². The predicted molar refractivity (Wildman–Crippen MR) is 334 cm³/mol. The van der Waals surface area contributed by atoms with Crippen LogP contribution >= 0.6 is 0 Å². The van der Waals surface area contributed by atoms with Gasteiger partial charge in [0.05, 0.1) is 0 Å². The second-order valence-corrected chi connectivity index (χ2v) is 22.0. The topological polar surface area (TPSA) is 78.9 Å². The van der Waals surface area contributed by atoms with Crippen molar-refractivity contribution < 1.29 is 28.6 Å². The zero-order chi connectivity index (χ0) is 55.7. The highest BCUT2D eigenvalue weighted by Crippen LogP contribution is 2.17. The van der Waals surface area contributed by atoms with Gasteiger partial charge in [0.1, 0.15) is 13.2 Å². The van der Waals surface area contributed by atoms with Crippen LogP contribution in [-0.4, -0.2) is 37.2 Å². The van der Waals surface area contributed by atoms with Crippen molar-refractivity contribution in [3.05, 3.63) is 85.1 Å². The zero-order valence-corrected chi connectivity index (χ0v) is 51.0. The lowest BCUT2D eigenvalue weighted by Crippen LogP contribution is -2.30. The lowest BCUT2D eigenvalue weighted by Gasteiger charge is -2.18. The van der Waals surface area contributed by atoms with Gasteiger partial charge in [-0.1, -0.05) is 298 Å². The molecule has 0 heterocycles. The average molecular weight is 1070 g/mol. The molecule has 0 aromatic rings. The Balaban J connectivity index is 4.40. The van der Waals surface area contributed by atoms with Gasteiger partial charge in [-0.05, 0) is 96.3 Å². The number of rotatable bonds is 60. The summed E-state index contributed by atoms with van der Waals surface area (Å²) in [6.45, 7) is 6.55. The Hall–Kier alpha value is -3.41. The highest BCUT2D eigenvalue weighted by atomic mass is 16.6. The fraction of sp³-hybridized carbons (Fsp3) is 0.761. The summed E-state index contributed by atoms with van der Waals surface area (Å²) in [5, 5.41) is 0. The summed E-state index contributed by atoms with van der Waals surface area (Å²) in [5.41, 5.74) is 0. The number of esters is 3. The molecule has 0 aromatic carbocycles. The minimum absolute atomic E-state index is 0.0826. The molecule has 0 N–H and O–H groups in total. The molecule has 6 heteroatoms. The van der Waals surface area contributed by atoms with Gasteiger partial charge < -0.3 is 14.2 Å². The zero-order valence-electron chi connectivity index (χ0n) is 51.0. The minimum atomic E-state index is -0.789. The third-order valence-electron chi connectivity index (χ3n) is 14.4. The number of ether oxygens (including phenoxy) is 3. The average Bonchev–Trinajstić information content (AvgIpc) is 3.43. The van der Waals surface area contributed by atoms with Crippen molar-refractivity contribution in [1.82, 2.24) is 0 Å². The first-order valence-corrected chi connectivity index (χ1v) is 33.1. The van der Waals surface area contributed by atoms with Gasteiger partial charge in [-0.3, -0.25) is 14.4 Å². The molecule has 0 saturated carbocycles. The quantitative estimate of drug-likeness (QED) is 0.0261. The van der Waals surface area contributed by atoms with Crippen LogP contribution in [0.4, 0.5) is 0 Å². The summed E-state index contributed by atoms with van der Waals surface area (Å²) in [6, 6.07) is 0. The van der Waals surface area contributed by atoms with Gasteiger partial charge in [-0.2, -0.15) is 0 Å². The molecular weight excluding hydrogens is 949 g/mol.